The Morgan fingerprint density at radius 1 is 0.967 bits per heavy atom. The van der Waals surface area contributed by atoms with Crippen molar-refractivity contribution in [3.63, 3.8) is 0 Å². The minimum Gasteiger partial charge on any atom is -0.472 e. The molecule has 0 aliphatic heterocycles. The number of nitrogens with zero attached hydrogens (tertiary/aromatic N) is 2. The summed E-state index contributed by atoms with van der Waals surface area (Å²) in [7, 11) is 0. The number of carbonyl (C=O) groups is 1. The van der Waals surface area contributed by atoms with Crippen LogP contribution in [0.4, 0.5) is 0 Å². The average molecular weight is 406 g/mol. The first kappa shape index (κ1) is 19.4. The van der Waals surface area contributed by atoms with Gasteiger partial charge in [0.15, 0.2) is 0 Å². The van der Waals surface area contributed by atoms with Gasteiger partial charge in [-0.1, -0.05) is 50.7 Å². The van der Waals surface area contributed by atoms with Crippen molar-refractivity contribution in [2.75, 3.05) is 0 Å². The predicted molar refractivity (Wildman–Crippen MR) is 118 cm³/mol. The van der Waals surface area contributed by atoms with Crippen LogP contribution in [0.2, 0.25) is 0 Å². The normalized spacial score (nSPS) is 19.3. The average Bonchev–Trinajstić information content (AvgIpc) is 3.44. The molecule has 5 rings (SSSR count). The van der Waals surface area contributed by atoms with Gasteiger partial charge in [-0.3, -0.25) is 4.79 Å². The SMILES string of the molecule is NC(=O)C(C1CCCCC1)(C1CCCCC1)n1c(-c2ccoc2)nc2ccccc21. The molecule has 2 N–H and O–H groups in total. The first-order chi connectivity index (χ1) is 14.7. The molecular formula is C25H31N3O2. The highest BCUT2D eigenvalue weighted by Gasteiger charge is 2.53. The summed E-state index contributed by atoms with van der Waals surface area (Å²) < 4.78 is 7.65. The monoisotopic (exact) mass is 405 g/mol. The summed E-state index contributed by atoms with van der Waals surface area (Å²) >= 11 is 0. The number of carbonyl (C=O) groups excluding carboxylic acids is 1. The summed E-state index contributed by atoms with van der Waals surface area (Å²) in [5.41, 5.74) is 8.50. The van der Waals surface area contributed by atoms with E-state index in [4.69, 9.17) is 15.1 Å². The van der Waals surface area contributed by atoms with E-state index in [9.17, 15) is 4.79 Å². The molecule has 2 aliphatic carbocycles. The highest BCUT2D eigenvalue weighted by molar-refractivity contribution is 5.89. The van der Waals surface area contributed by atoms with Gasteiger partial charge in [-0.25, -0.2) is 4.98 Å². The number of fused-ring (bicyclic) bond motifs is 1. The molecule has 0 unspecified atom stereocenters. The molecule has 2 saturated carbocycles. The molecule has 0 saturated heterocycles. The zero-order valence-electron chi connectivity index (χ0n) is 17.6. The van der Waals surface area contributed by atoms with Gasteiger partial charge in [-0.2, -0.15) is 0 Å². The zero-order chi connectivity index (χ0) is 20.6. The van der Waals surface area contributed by atoms with Crippen molar-refractivity contribution in [3.05, 3.63) is 42.9 Å². The maximum atomic E-state index is 13.6. The lowest BCUT2D eigenvalue weighted by Crippen LogP contribution is -2.58. The van der Waals surface area contributed by atoms with Crippen molar-refractivity contribution < 1.29 is 9.21 Å². The van der Waals surface area contributed by atoms with Gasteiger partial charge in [0.1, 0.15) is 17.6 Å². The van der Waals surface area contributed by atoms with Crippen molar-refractivity contribution in [3.8, 4) is 11.4 Å². The Hall–Kier alpha value is -2.56. The number of rotatable bonds is 5. The van der Waals surface area contributed by atoms with E-state index in [1.54, 1.807) is 12.5 Å². The van der Waals surface area contributed by atoms with Crippen LogP contribution in [0.1, 0.15) is 64.2 Å². The Morgan fingerprint density at radius 3 is 2.17 bits per heavy atom. The minimum atomic E-state index is -0.746. The number of primary amides is 1. The Balaban J connectivity index is 1.82. The molecule has 0 spiro atoms. The fourth-order valence-electron chi connectivity index (χ4n) is 6.28. The second-order valence-corrected chi connectivity index (χ2v) is 9.13. The largest absolute Gasteiger partial charge is 0.472 e. The zero-order valence-corrected chi connectivity index (χ0v) is 17.6. The molecular weight excluding hydrogens is 374 g/mol. The van der Waals surface area contributed by atoms with Crippen LogP contribution in [-0.2, 0) is 10.3 Å². The van der Waals surface area contributed by atoms with Gasteiger partial charge in [0.25, 0.3) is 0 Å². The summed E-state index contributed by atoms with van der Waals surface area (Å²) in [6.07, 6.45) is 14.8. The molecule has 2 fully saturated rings. The van der Waals surface area contributed by atoms with Crippen LogP contribution in [0.3, 0.4) is 0 Å². The molecule has 3 aromatic rings. The quantitative estimate of drug-likeness (QED) is 0.597. The van der Waals surface area contributed by atoms with E-state index in [2.05, 4.69) is 10.6 Å². The molecule has 0 atom stereocenters. The van der Waals surface area contributed by atoms with Crippen LogP contribution in [0.5, 0.6) is 0 Å². The number of imidazole rings is 1. The lowest BCUT2D eigenvalue weighted by atomic mass is 9.63. The third-order valence-corrected chi connectivity index (χ3v) is 7.56. The molecule has 0 radical (unpaired) electrons. The number of para-hydroxylation sites is 2. The number of hydrogen-bond acceptors (Lipinski definition) is 3. The van der Waals surface area contributed by atoms with Gasteiger partial charge in [-0.15, -0.1) is 0 Å². The van der Waals surface area contributed by atoms with Gasteiger partial charge in [0, 0.05) is 0 Å². The smallest absolute Gasteiger partial charge is 0.244 e. The molecule has 158 valence electrons. The molecule has 1 amide bonds. The number of aromatic nitrogens is 2. The number of amides is 1. The number of hydrogen-bond donors (Lipinski definition) is 1. The number of furan rings is 1. The number of benzene rings is 1. The second-order valence-electron chi connectivity index (χ2n) is 9.13. The van der Waals surface area contributed by atoms with Crippen molar-refractivity contribution in [1.29, 1.82) is 0 Å². The van der Waals surface area contributed by atoms with Crippen molar-refractivity contribution >= 4 is 16.9 Å². The third kappa shape index (κ3) is 2.98. The first-order valence-electron chi connectivity index (χ1n) is 11.5. The topological polar surface area (TPSA) is 74.1 Å². The van der Waals surface area contributed by atoms with Crippen LogP contribution >= 0.6 is 0 Å². The first-order valence-corrected chi connectivity index (χ1v) is 11.5. The molecule has 2 aromatic heterocycles. The van der Waals surface area contributed by atoms with Crippen molar-refractivity contribution in [1.82, 2.24) is 9.55 Å². The summed E-state index contributed by atoms with van der Waals surface area (Å²) in [4.78, 5) is 18.6. The van der Waals surface area contributed by atoms with Gasteiger partial charge < -0.3 is 14.7 Å². The Bertz CT molecular complexity index is 990. The van der Waals surface area contributed by atoms with Gasteiger partial charge >= 0.3 is 0 Å². The van der Waals surface area contributed by atoms with Crippen LogP contribution in [0.15, 0.2) is 47.3 Å². The third-order valence-electron chi connectivity index (χ3n) is 7.56. The van der Waals surface area contributed by atoms with E-state index in [1.807, 2.05) is 24.3 Å². The maximum Gasteiger partial charge on any atom is 0.244 e. The van der Waals surface area contributed by atoms with E-state index in [1.165, 1.54) is 38.5 Å². The molecule has 2 heterocycles. The summed E-state index contributed by atoms with van der Waals surface area (Å²) in [6, 6.07) is 10.1. The van der Waals surface area contributed by atoms with Gasteiger partial charge in [0.05, 0.1) is 22.9 Å². The highest BCUT2D eigenvalue weighted by atomic mass is 16.3. The molecule has 5 nitrogen and oxygen atoms in total. The molecule has 30 heavy (non-hydrogen) atoms. The second kappa shape index (κ2) is 7.93. The van der Waals surface area contributed by atoms with Crippen LogP contribution in [0.25, 0.3) is 22.4 Å². The van der Waals surface area contributed by atoms with E-state index in [-0.39, 0.29) is 17.7 Å². The van der Waals surface area contributed by atoms with E-state index in [0.717, 1.165) is 48.1 Å². The molecule has 2 aliphatic rings. The van der Waals surface area contributed by atoms with Crippen molar-refractivity contribution in [2.45, 2.75) is 69.7 Å². The minimum absolute atomic E-state index is 0.186. The Morgan fingerprint density at radius 2 is 1.60 bits per heavy atom. The van der Waals surface area contributed by atoms with Crippen LogP contribution in [0, 0.1) is 11.8 Å². The lowest BCUT2D eigenvalue weighted by Gasteiger charge is -2.48. The summed E-state index contributed by atoms with van der Waals surface area (Å²) in [6.45, 7) is 0. The predicted octanol–water partition coefficient (Wildman–Crippen LogP) is 5.64. The maximum absolute atomic E-state index is 13.6. The van der Waals surface area contributed by atoms with E-state index >= 15 is 0 Å². The van der Waals surface area contributed by atoms with Gasteiger partial charge in [-0.05, 0) is 55.7 Å². The molecule has 0 bridgehead atoms. The van der Waals surface area contributed by atoms with E-state index < -0.39 is 5.54 Å². The standard InChI is InChI=1S/C25H31N3O2/c26-24(29)25(19-9-3-1-4-10-19,20-11-5-2-6-12-20)28-22-14-8-7-13-21(22)27-23(28)18-15-16-30-17-18/h7-8,13-17,19-20H,1-6,9-12H2,(H2,26,29). The van der Waals surface area contributed by atoms with Crippen LogP contribution in [-0.4, -0.2) is 15.5 Å². The van der Waals surface area contributed by atoms with E-state index in [0.29, 0.717) is 0 Å². The van der Waals surface area contributed by atoms with Crippen LogP contribution < -0.4 is 5.73 Å². The van der Waals surface area contributed by atoms with Crippen molar-refractivity contribution in [2.24, 2.45) is 17.6 Å². The fourth-order valence-corrected chi connectivity index (χ4v) is 6.28. The number of nitrogens with two attached hydrogens (primary N) is 1. The molecule has 1 aromatic carbocycles. The molecule has 5 heteroatoms. The van der Waals surface area contributed by atoms with Gasteiger partial charge in [0.2, 0.25) is 5.91 Å². The lowest BCUT2D eigenvalue weighted by molar-refractivity contribution is -0.135. The Kier molecular flexibility index (Phi) is 5.13. The Labute approximate surface area is 177 Å². The summed E-state index contributed by atoms with van der Waals surface area (Å²) in [5, 5.41) is 0. The fraction of sp³-hybridized carbons (Fsp3) is 0.520. The summed E-state index contributed by atoms with van der Waals surface area (Å²) in [5.74, 6) is 1.11. The highest BCUT2D eigenvalue weighted by Crippen LogP contribution is 2.50.